The number of carbonyl (C=O) groups is 2. The third-order valence-corrected chi connectivity index (χ3v) is 4.65. The average molecular weight is 365 g/mol. The third-order valence-electron chi connectivity index (χ3n) is 4.65. The maximum atomic E-state index is 12.2. The molecule has 0 aliphatic heterocycles. The summed E-state index contributed by atoms with van der Waals surface area (Å²) in [7, 11) is 0. The van der Waals surface area contributed by atoms with Gasteiger partial charge in [-0.2, -0.15) is 4.98 Å². The van der Waals surface area contributed by atoms with Crippen molar-refractivity contribution in [1.82, 2.24) is 24.9 Å². The highest BCUT2D eigenvalue weighted by atomic mass is 16.5. The van der Waals surface area contributed by atoms with Gasteiger partial charge in [0.15, 0.2) is 6.61 Å². The molecule has 0 fully saturated rings. The molecule has 8 heteroatoms. The Morgan fingerprint density at radius 3 is 3.00 bits per heavy atom. The first kappa shape index (κ1) is 17.1. The van der Waals surface area contributed by atoms with Crippen molar-refractivity contribution in [2.45, 2.75) is 32.2 Å². The number of carbonyl (C=O) groups excluding carboxylic acids is 2. The molecule has 0 saturated carbocycles. The number of benzene rings is 1. The lowest BCUT2D eigenvalue weighted by Crippen LogP contribution is -2.34. The van der Waals surface area contributed by atoms with Crippen LogP contribution in [-0.2, 0) is 16.0 Å². The van der Waals surface area contributed by atoms with Crippen molar-refractivity contribution in [1.29, 1.82) is 0 Å². The zero-order chi connectivity index (χ0) is 18.8. The van der Waals surface area contributed by atoms with Crippen molar-refractivity contribution in [3.05, 3.63) is 59.2 Å². The zero-order valence-corrected chi connectivity index (χ0v) is 14.9. The molecule has 1 N–H and O–H groups in total. The molecule has 1 aliphatic rings. The Kier molecular flexibility index (Phi) is 4.53. The van der Waals surface area contributed by atoms with E-state index in [2.05, 4.69) is 26.4 Å². The lowest BCUT2D eigenvalue weighted by molar-refractivity contribution is -0.125. The molecule has 0 spiro atoms. The number of nitrogens with one attached hydrogen (secondary N) is 1. The van der Waals surface area contributed by atoms with Gasteiger partial charge in [-0.05, 0) is 43.4 Å². The maximum Gasteiger partial charge on any atom is 0.378 e. The summed E-state index contributed by atoms with van der Waals surface area (Å²) >= 11 is 0. The summed E-state index contributed by atoms with van der Waals surface area (Å²) < 4.78 is 6.53. The fourth-order valence-electron chi connectivity index (χ4n) is 3.33. The van der Waals surface area contributed by atoms with Crippen LogP contribution in [0.1, 0.15) is 46.3 Å². The van der Waals surface area contributed by atoms with E-state index in [1.807, 2.05) is 25.1 Å². The van der Waals surface area contributed by atoms with Gasteiger partial charge in [0.1, 0.15) is 0 Å². The van der Waals surface area contributed by atoms with Crippen LogP contribution < -0.4 is 5.32 Å². The first-order valence-corrected chi connectivity index (χ1v) is 8.84. The molecule has 1 aromatic carbocycles. The molecule has 1 aliphatic carbocycles. The van der Waals surface area contributed by atoms with Crippen LogP contribution in [0.2, 0.25) is 0 Å². The minimum absolute atomic E-state index is 0.0543. The van der Waals surface area contributed by atoms with E-state index in [0.29, 0.717) is 5.78 Å². The Bertz CT molecular complexity index is 1010. The van der Waals surface area contributed by atoms with Crippen LogP contribution in [0.15, 0.2) is 36.5 Å². The Balaban J connectivity index is 1.38. The number of aromatic nitrogens is 4. The maximum absolute atomic E-state index is 12.2. The van der Waals surface area contributed by atoms with E-state index < -0.39 is 5.97 Å². The highest BCUT2D eigenvalue weighted by molar-refractivity contribution is 5.88. The van der Waals surface area contributed by atoms with Crippen molar-refractivity contribution >= 4 is 17.7 Å². The number of amides is 1. The van der Waals surface area contributed by atoms with Gasteiger partial charge in [-0.3, -0.25) is 4.79 Å². The molecule has 0 unspecified atom stereocenters. The summed E-state index contributed by atoms with van der Waals surface area (Å²) in [5.74, 6) is -0.903. The topological polar surface area (TPSA) is 98.5 Å². The van der Waals surface area contributed by atoms with Gasteiger partial charge in [0.2, 0.25) is 0 Å². The molecular weight excluding hydrogens is 346 g/mol. The van der Waals surface area contributed by atoms with Gasteiger partial charge in [0.05, 0.1) is 6.04 Å². The van der Waals surface area contributed by atoms with Crippen molar-refractivity contribution in [3.63, 3.8) is 0 Å². The molecule has 0 saturated heterocycles. The molecule has 138 valence electrons. The van der Waals surface area contributed by atoms with Crippen molar-refractivity contribution in [2.75, 3.05) is 6.61 Å². The third kappa shape index (κ3) is 3.51. The van der Waals surface area contributed by atoms with Gasteiger partial charge in [-0.1, -0.05) is 24.3 Å². The molecule has 2 heterocycles. The predicted molar refractivity (Wildman–Crippen MR) is 96.1 cm³/mol. The molecule has 0 bridgehead atoms. The van der Waals surface area contributed by atoms with Crippen molar-refractivity contribution < 1.29 is 14.3 Å². The minimum Gasteiger partial charge on any atom is -0.450 e. The molecular formula is C19H19N5O3. The lowest BCUT2D eigenvalue weighted by Gasteiger charge is -2.26. The summed E-state index contributed by atoms with van der Waals surface area (Å²) in [6.07, 6.45) is 4.49. The fourth-order valence-corrected chi connectivity index (χ4v) is 3.33. The van der Waals surface area contributed by atoms with Crippen LogP contribution in [0.25, 0.3) is 5.78 Å². The smallest absolute Gasteiger partial charge is 0.378 e. The number of esters is 1. The molecule has 0 radical (unpaired) electrons. The van der Waals surface area contributed by atoms with E-state index in [9.17, 15) is 9.59 Å². The van der Waals surface area contributed by atoms with Gasteiger partial charge in [0, 0.05) is 11.9 Å². The summed E-state index contributed by atoms with van der Waals surface area (Å²) in [5, 5.41) is 7.02. The van der Waals surface area contributed by atoms with Crippen molar-refractivity contribution in [2.24, 2.45) is 0 Å². The second-order valence-corrected chi connectivity index (χ2v) is 6.52. The Morgan fingerprint density at radius 2 is 2.15 bits per heavy atom. The summed E-state index contributed by atoms with van der Waals surface area (Å²) in [5.41, 5.74) is 3.18. The number of ether oxygens (including phenoxy) is 1. The van der Waals surface area contributed by atoms with E-state index in [1.54, 1.807) is 12.3 Å². The largest absolute Gasteiger partial charge is 0.450 e. The fraction of sp³-hybridized carbons (Fsp3) is 0.316. The molecule has 1 atom stereocenters. The van der Waals surface area contributed by atoms with E-state index in [4.69, 9.17) is 4.74 Å². The molecule has 8 nitrogen and oxygen atoms in total. The molecule has 1 amide bonds. The zero-order valence-electron chi connectivity index (χ0n) is 14.9. The number of hydrogen-bond acceptors (Lipinski definition) is 6. The van der Waals surface area contributed by atoms with Gasteiger partial charge < -0.3 is 10.1 Å². The van der Waals surface area contributed by atoms with E-state index in [1.165, 1.54) is 10.1 Å². The minimum atomic E-state index is -0.751. The summed E-state index contributed by atoms with van der Waals surface area (Å²) in [6.45, 7) is 1.45. The molecule has 4 rings (SSSR count). The normalized spacial score (nSPS) is 16.0. The number of aryl methyl sites for hydroxylation is 2. The van der Waals surface area contributed by atoms with Crippen LogP contribution >= 0.6 is 0 Å². The van der Waals surface area contributed by atoms with Crippen LogP contribution in [0.3, 0.4) is 0 Å². The number of nitrogens with zero attached hydrogens (tertiary/aromatic N) is 4. The standard InChI is InChI=1S/C19H19N5O3/c1-12-9-10-20-19-22-17(23-24(12)19)18(26)27-11-16(25)21-15-8-4-6-13-5-2-3-7-14(13)15/h2-3,5,7,9-10,15H,4,6,8,11H2,1H3,(H,21,25)/t15-/m0/s1. The highest BCUT2D eigenvalue weighted by Gasteiger charge is 2.22. The Hall–Kier alpha value is -3.29. The SMILES string of the molecule is Cc1ccnc2nc(C(=O)OCC(=O)N[C@H]3CCCc4ccccc43)nn12. The first-order chi connectivity index (χ1) is 13.1. The van der Waals surface area contributed by atoms with Gasteiger partial charge in [-0.15, -0.1) is 5.10 Å². The molecule has 2 aromatic heterocycles. The van der Waals surface area contributed by atoms with Gasteiger partial charge in [-0.25, -0.2) is 14.3 Å². The van der Waals surface area contributed by atoms with E-state index in [0.717, 1.165) is 30.5 Å². The highest BCUT2D eigenvalue weighted by Crippen LogP contribution is 2.29. The number of rotatable bonds is 4. The summed E-state index contributed by atoms with van der Waals surface area (Å²) in [6, 6.07) is 9.78. The lowest BCUT2D eigenvalue weighted by atomic mass is 9.88. The Labute approximate surface area is 155 Å². The van der Waals surface area contributed by atoms with Crippen molar-refractivity contribution in [3.8, 4) is 0 Å². The second-order valence-electron chi connectivity index (χ2n) is 6.52. The predicted octanol–water partition coefficient (Wildman–Crippen LogP) is 1.78. The van der Waals surface area contributed by atoms with E-state index in [-0.39, 0.29) is 24.4 Å². The van der Waals surface area contributed by atoms with E-state index >= 15 is 0 Å². The Morgan fingerprint density at radius 1 is 1.30 bits per heavy atom. The average Bonchev–Trinajstić information content (AvgIpc) is 3.12. The number of hydrogen-bond donors (Lipinski definition) is 1. The monoisotopic (exact) mass is 365 g/mol. The van der Waals surface area contributed by atoms with Gasteiger partial charge >= 0.3 is 5.97 Å². The van der Waals surface area contributed by atoms with Crippen LogP contribution in [-0.4, -0.2) is 38.1 Å². The first-order valence-electron chi connectivity index (χ1n) is 8.84. The summed E-state index contributed by atoms with van der Waals surface area (Å²) in [4.78, 5) is 32.5. The van der Waals surface area contributed by atoms with Crippen LogP contribution in [0, 0.1) is 6.92 Å². The number of fused-ring (bicyclic) bond motifs is 2. The molecule has 3 aromatic rings. The van der Waals surface area contributed by atoms with Crippen LogP contribution in [0.4, 0.5) is 0 Å². The quantitative estimate of drug-likeness (QED) is 0.708. The van der Waals surface area contributed by atoms with Crippen LogP contribution in [0.5, 0.6) is 0 Å². The second kappa shape index (κ2) is 7.14. The molecule has 27 heavy (non-hydrogen) atoms. The van der Waals surface area contributed by atoms with Gasteiger partial charge in [0.25, 0.3) is 17.5 Å².